The van der Waals surface area contributed by atoms with Gasteiger partial charge in [-0.05, 0) is 19.1 Å². The van der Waals surface area contributed by atoms with E-state index in [4.69, 9.17) is 10.2 Å². The van der Waals surface area contributed by atoms with Crippen molar-refractivity contribution in [3.8, 4) is 0 Å². The number of hydrogen-bond acceptors (Lipinski definition) is 3. The highest BCUT2D eigenvalue weighted by molar-refractivity contribution is 5.84. The van der Waals surface area contributed by atoms with Crippen LogP contribution in [0.5, 0.6) is 0 Å². The monoisotopic (exact) mass is 237 g/mol. The zero-order valence-corrected chi connectivity index (χ0v) is 9.54. The molecule has 1 atom stereocenters. The molecule has 0 heterocycles. The van der Waals surface area contributed by atoms with Gasteiger partial charge >= 0.3 is 11.9 Å². The molecule has 1 aromatic carbocycles. The van der Waals surface area contributed by atoms with Crippen LogP contribution in [-0.4, -0.2) is 34.7 Å². The van der Waals surface area contributed by atoms with Crippen molar-refractivity contribution in [3.05, 3.63) is 30.3 Å². The van der Waals surface area contributed by atoms with E-state index in [2.05, 4.69) is 0 Å². The molecule has 5 nitrogen and oxygen atoms in total. The first-order valence-electron chi connectivity index (χ1n) is 5.32. The number of carboxylic acids is 2. The highest BCUT2D eigenvalue weighted by atomic mass is 16.4. The van der Waals surface area contributed by atoms with Crippen LogP contribution in [0.4, 0.5) is 5.69 Å². The Bertz CT molecular complexity index is 391. The Balaban J connectivity index is 2.97. The predicted molar refractivity (Wildman–Crippen MR) is 63.1 cm³/mol. The number of benzene rings is 1. The van der Waals surface area contributed by atoms with Crippen LogP contribution < -0.4 is 4.90 Å². The quantitative estimate of drug-likeness (QED) is 0.782. The molecule has 0 amide bonds. The summed E-state index contributed by atoms with van der Waals surface area (Å²) >= 11 is 0. The van der Waals surface area contributed by atoms with Gasteiger partial charge in [-0.2, -0.15) is 0 Å². The SMILES string of the molecule is CCN(c1ccccc1)C(CC(=O)O)C(=O)O. The third-order valence-corrected chi connectivity index (χ3v) is 2.46. The molecular weight excluding hydrogens is 222 g/mol. The number of nitrogens with zero attached hydrogens (tertiary/aromatic N) is 1. The summed E-state index contributed by atoms with van der Waals surface area (Å²) < 4.78 is 0. The van der Waals surface area contributed by atoms with E-state index in [1.807, 2.05) is 6.07 Å². The summed E-state index contributed by atoms with van der Waals surface area (Å²) in [6.45, 7) is 2.24. The van der Waals surface area contributed by atoms with Gasteiger partial charge in [0.25, 0.3) is 0 Å². The lowest BCUT2D eigenvalue weighted by atomic mass is 10.1. The van der Waals surface area contributed by atoms with Crippen molar-refractivity contribution < 1.29 is 19.8 Å². The van der Waals surface area contributed by atoms with Crippen LogP contribution in [0.1, 0.15) is 13.3 Å². The molecule has 0 bridgehead atoms. The van der Waals surface area contributed by atoms with Gasteiger partial charge in [0.15, 0.2) is 0 Å². The summed E-state index contributed by atoms with van der Waals surface area (Å²) in [6.07, 6.45) is -0.419. The van der Waals surface area contributed by atoms with Gasteiger partial charge in [0.05, 0.1) is 6.42 Å². The summed E-state index contributed by atoms with van der Waals surface area (Å²) in [5, 5.41) is 17.8. The molecule has 1 unspecified atom stereocenters. The van der Waals surface area contributed by atoms with E-state index < -0.39 is 24.4 Å². The first kappa shape index (κ1) is 13.0. The lowest BCUT2D eigenvalue weighted by Gasteiger charge is -2.28. The summed E-state index contributed by atoms with van der Waals surface area (Å²) in [5.41, 5.74) is 0.712. The Morgan fingerprint density at radius 2 is 1.82 bits per heavy atom. The molecular formula is C12H15NO4. The third kappa shape index (κ3) is 3.48. The number of hydrogen-bond donors (Lipinski definition) is 2. The molecule has 0 aliphatic rings. The molecule has 0 spiro atoms. The number of carboxylic acid groups (broad SMARTS) is 2. The summed E-state index contributed by atoms with van der Waals surface area (Å²) in [7, 11) is 0. The van der Waals surface area contributed by atoms with Crippen molar-refractivity contribution in [1.29, 1.82) is 0 Å². The van der Waals surface area contributed by atoms with Crippen molar-refractivity contribution >= 4 is 17.6 Å². The Morgan fingerprint density at radius 3 is 2.24 bits per heavy atom. The maximum atomic E-state index is 11.1. The minimum atomic E-state index is -1.13. The topological polar surface area (TPSA) is 77.8 Å². The van der Waals surface area contributed by atoms with Crippen LogP contribution >= 0.6 is 0 Å². The van der Waals surface area contributed by atoms with Crippen molar-refractivity contribution in [2.45, 2.75) is 19.4 Å². The van der Waals surface area contributed by atoms with Crippen molar-refractivity contribution in [2.24, 2.45) is 0 Å². The Morgan fingerprint density at radius 1 is 1.24 bits per heavy atom. The summed E-state index contributed by atoms with van der Waals surface area (Å²) in [6, 6.07) is 7.89. The second-order valence-electron chi connectivity index (χ2n) is 3.57. The molecule has 0 aliphatic heterocycles. The second kappa shape index (κ2) is 5.89. The number of carbonyl (C=O) groups is 2. The predicted octanol–water partition coefficient (Wildman–Crippen LogP) is 1.44. The average molecular weight is 237 g/mol. The van der Waals surface area contributed by atoms with Crippen LogP contribution in [0.3, 0.4) is 0 Å². The van der Waals surface area contributed by atoms with Crippen molar-refractivity contribution in [3.63, 3.8) is 0 Å². The zero-order chi connectivity index (χ0) is 12.8. The average Bonchev–Trinajstić information content (AvgIpc) is 2.29. The van der Waals surface area contributed by atoms with Gasteiger partial charge in [0, 0.05) is 12.2 Å². The molecule has 0 fully saturated rings. The molecule has 0 saturated carbocycles. The molecule has 0 radical (unpaired) electrons. The molecule has 0 saturated heterocycles. The van der Waals surface area contributed by atoms with E-state index in [1.54, 1.807) is 36.1 Å². The van der Waals surface area contributed by atoms with E-state index in [9.17, 15) is 9.59 Å². The summed E-state index contributed by atoms with van der Waals surface area (Å²) in [5.74, 6) is -2.25. The third-order valence-electron chi connectivity index (χ3n) is 2.46. The van der Waals surface area contributed by atoms with Gasteiger partial charge in [-0.15, -0.1) is 0 Å². The Kier molecular flexibility index (Phi) is 4.51. The smallest absolute Gasteiger partial charge is 0.326 e. The van der Waals surface area contributed by atoms with Gasteiger partial charge in [0.1, 0.15) is 6.04 Å². The van der Waals surface area contributed by atoms with Crippen LogP contribution in [0.15, 0.2) is 30.3 Å². The molecule has 0 aromatic heterocycles. The number of para-hydroxylation sites is 1. The van der Waals surface area contributed by atoms with Crippen molar-refractivity contribution in [2.75, 3.05) is 11.4 Å². The van der Waals surface area contributed by atoms with Gasteiger partial charge in [-0.1, -0.05) is 18.2 Å². The molecule has 1 rings (SSSR count). The van der Waals surface area contributed by atoms with E-state index in [-0.39, 0.29) is 0 Å². The molecule has 2 N–H and O–H groups in total. The number of likely N-dealkylation sites (N-methyl/N-ethyl adjacent to an activating group) is 1. The fourth-order valence-electron chi connectivity index (χ4n) is 1.70. The normalized spacial score (nSPS) is 11.8. The minimum Gasteiger partial charge on any atom is -0.481 e. The Hall–Kier alpha value is -2.04. The molecule has 5 heteroatoms. The van der Waals surface area contributed by atoms with Gasteiger partial charge in [0.2, 0.25) is 0 Å². The number of aliphatic carboxylic acids is 2. The van der Waals surface area contributed by atoms with E-state index in [1.165, 1.54) is 0 Å². The highest BCUT2D eigenvalue weighted by Crippen LogP contribution is 2.18. The molecule has 1 aromatic rings. The van der Waals surface area contributed by atoms with Crippen LogP contribution in [0.2, 0.25) is 0 Å². The van der Waals surface area contributed by atoms with Crippen LogP contribution in [-0.2, 0) is 9.59 Å². The fraction of sp³-hybridized carbons (Fsp3) is 0.333. The van der Waals surface area contributed by atoms with Crippen LogP contribution in [0, 0.1) is 0 Å². The zero-order valence-electron chi connectivity index (χ0n) is 9.54. The minimum absolute atomic E-state index is 0.419. The lowest BCUT2D eigenvalue weighted by molar-refractivity contribution is -0.145. The molecule has 0 aliphatic carbocycles. The largest absolute Gasteiger partial charge is 0.481 e. The maximum Gasteiger partial charge on any atom is 0.326 e. The number of anilines is 1. The van der Waals surface area contributed by atoms with E-state index >= 15 is 0 Å². The van der Waals surface area contributed by atoms with Gasteiger partial charge in [-0.25, -0.2) is 4.79 Å². The molecule has 92 valence electrons. The first-order valence-corrected chi connectivity index (χ1v) is 5.32. The molecule has 17 heavy (non-hydrogen) atoms. The second-order valence-corrected chi connectivity index (χ2v) is 3.57. The Labute approximate surface area is 99.3 Å². The van der Waals surface area contributed by atoms with E-state index in [0.29, 0.717) is 12.2 Å². The number of rotatable bonds is 6. The van der Waals surface area contributed by atoms with Crippen LogP contribution in [0.25, 0.3) is 0 Å². The highest BCUT2D eigenvalue weighted by Gasteiger charge is 2.27. The standard InChI is InChI=1S/C12H15NO4/c1-2-13(9-6-4-3-5-7-9)10(12(16)17)8-11(14)15/h3-7,10H,2,8H2,1H3,(H,14,15)(H,16,17). The maximum absolute atomic E-state index is 11.1. The summed E-state index contributed by atoms with van der Waals surface area (Å²) in [4.78, 5) is 23.3. The van der Waals surface area contributed by atoms with Gasteiger partial charge in [-0.3, -0.25) is 4.79 Å². The first-order chi connectivity index (χ1) is 8.06. The van der Waals surface area contributed by atoms with E-state index in [0.717, 1.165) is 0 Å². The van der Waals surface area contributed by atoms with Gasteiger partial charge < -0.3 is 15.1 Å². The fourth-order valence-corrected chi connectivity index (χ4v) is 1.70. The van der Waals surface area contributed by atoms with Crippen molar-refractivity contribution in [1.82, 2.24) is 0 Å². The lowest BCUT2D eigenvalue weighted by Crippen LogP contribution is -2.42.